The standard InChI is InChI=1S/C14H23N3S/c15-14-16-13(10-18-14)6-8-17-7-5-11-3-1-2-4-12(11)9-17/h10-12H,1-9H2,(H2,15,16). The van der Waals surface area contributed by atoms with E-state index in [1.54, 1.807) is 11.3 Å². The van der Waals surface area contributed by atoms with Gasteiger partial charge in [0.2, 0.25) is 0 Å². The maximum Gasteiger partial charge on any atom is 0.180 e. The number of aromatic nitrogens is 1. The van der Waals surface area contributed by atoms with Crippen LogP contribution in [0, 0.1) is 11.8 Å². The van der Waals surface area contributed by atoms with Crippen LogP contribution in [0.25, 0.3) is 0 Å². The van der Waals surface area contributed by atoms with Crippen LogP contribution in [-0.4, -0.2) is 29.5 Å². The summed E-state index contributed by atoms with van der Waals surface area (Å²) in [4.78, 5) is 6.99. The fourth-order valence-corrected chi connectivity index (χ4v) is 4.19. The second-order valence-electron chi connectivity index (χ2n) is 5.82. The van der Waals surface area contributed by atoms with Crippen LogP contribution in [0.15, 0.2) is 5.38 Å². The first-order valence-corrected chi connectivity index (χ1v) is 8.11. The SMILES string of the molecule is Nc1nc(CCN2CCC3CCCCC3C2)cs1. The van der Waals surface area contributed by atoms with Gasteiger partial charge in [-0.2, -0.15) is 0 Å². The summed E-state index contributed by atoms with van der Waals surface area (Å²) in [6.07, 6.45) is 8.36. The molecule has 0 bridgehead atoms. The Kier molecular flexibility index (Phi) is 3.85. The first-order chi connectivity index (χ1) is 8.81. The highest BCUT2D eigenvalue weighted by atomic mass is 32.1. The third kappa shape index (κ3) is 2.86. The Hall–Kier alpha value is -0.610. The first-order valence-electron chi connectivity index (χ1n) is 7.23. The van der Waals surface area contributed by atoms with Crippen LogP contribution in [0.2, 0.25) is 0 Å². The van der Waals surface area contributed by atoms with Gasteiger partial charge in [0.05, 0.1) is 5.69 Å². The smallest absolute Gasteiger partial charge is 0.180 e. The third-order valence-corrected chi connectivity index (χ3v) is 5.35. The predicted molar refractivity (Wildman–Crippen MR) is 76.7 cm³/mol. The number of likely N-dealkylation sites (tertiary alicyclic amines) is 1. The molecule has 0 radical (unpaired) electrons. The van der Waals surface area contributed by atoms with Gasteiger partial charge in [-0.25, -0.2) is 4.98 Å². The van der Waals surface area contributed by atoms with Gasteiger partial charge in [-0.05, 0) is 31.2 Å². The molecule has 1 aliphatic heterocycles. The fourth-order valence-electron chi connectivity index (χ4n) is 3.59. The van der Waals surface area contributed by atoms with Crippen molar-refractivity contribution in [1.82, 2.24) is 9.88 Å². The van der Waals surface area contributed by atoms with E-state index in [9.17, 15) is 0 Å². The maximum absolute atomic E-state index is 5.67. The second kappa shape index (κ2) is 5.57. The van der Waals surface area contributed by atoms with Gasteiger partial charge in [-0.1, -0.05) is 19.3 Å². The van der Waals surface area contributed by atoms with Gasteiger partial charge in [-0.15, -0.1) is 11.3 Å². The lowest BCUT2D eigenvalue weighted by Crippen LogP contribution is -2.42. The quantitative estimate of drug-likeness (QED) is 0.914. The highest BCUT2D eigenvalue weighted by Crippen LogP contribution is 2.35. The zero-order chi connectivity index (χ0) is 12.4. The molecule has 1 saturated heterocycles. The summed E-state index contributed by atoms with van der Waals surface area (Å²) in [5.74, 6) is 2.01. The minimum Gasteiger partial charge on any atom is -0.375 e. The lowest BCUT2D eigenvalue weighted by molar-refractivity contribution is 0.0876. The number of nitrogen functional groups attached to an aromatic ring is 1. The number of thiazole rings is 1. The first kappa shape index (κ1) is 12.4. The number of fused-ring (bicyclic) bond motifs is 1. The van der Waals surface area contributed by atoms with Crippen LogP contribution in [0.3, 0.4) is 0 Å². The molecule has 18 heavy (non-hydrogen) atoms. The normalized spacial score (nSPS) is 29.1. The van der Waals surface area contributed by atoms with Gasteiger partial charge in [0.15, 0.2) is 5.13 Å². The Labute approximate surface area is 113 Å². The number of anilines is 1. The van der Waals surface area contributed by atoms with Gasteiger partial charge in [0.1, 0.15) is 0 Å². The largest absolute Gasteiger partial charge is 0.375 e. The molecule has 3 nitrogen and oxygen atoms in total. The van der Waals surface area contributed by atoms with Crippen LogP contribution in [0.1, 0.15) is 37.8 Å². The summed E-state index contributed by atoms with van der Waals surface area (Å²) in [5, 5.41) is 2.80. The summed E-state index contributed by atoms with van der Waals surface area (Å²) in [6.45, 7) is 3.78. The molecule has 2 atom stereocenters. The molecule has 1 saturated carbocycles. The highest BCUT2D eigenvalue weighted by molar-refractivity contribution is 7.13. The molecule has 1 aliphatic carbocycles. The van der Waals surface area contributed by atoms with Crippen LogP contribution in [0.5, 0.6) is 0 Å². The molecule has 3 rings (SSSR count). The molecule has 4 heteroatoms. The van der Waals surface area contributed by atoms with E-state index in [2.05, 4.69) is 15.3 Å². The molecule has 0 spiro atoms. The van der Waals surface area contributed by atoms with Crippen LogP contribution in [-0.2, 0) is 6.42 Å². The van der Waals surface area contributed by atoms with E-state index in [4.69, 9.17) is 5.73 Å². The topological polar surface area (TPSA) is 42.1 Å². The zero-order valence-electron chi connectivity index (χ0n) is 11.0. The lowest BCUT2D eigenvalue weighted by atomic mass is 9.75. The van der Waals surface area contributed by atoms with Crippen molar-refractivity contribution < 1.29 is 0 Å². The van der Waals surface area contributed by atoms with E-state index in [1.807, 2.05) is 0 Å². The minimum atomic E-state index is 0.705. The summed E-state index contributed by atoms with van der Waals surface area (Å²) >= 11 is 1.56. The fraction of sp³-hybridized carbons (Fsp3) is 0.786. The number of hydrogen-bond donors (Lipinski definition) is 1. The van der Waals surface area contributed by atoms with Crippen molar-refractivity contribution in [3.63, 3.8) is 0 Å². The molecule has 2 N–H and O–H groups in total. The van der Waals surface area contributed by atoms with Crippen molar-refractivity contribution in [1.29, 1.82) is 0 Å². The molecule has 2 heterocycles. The predicted octanol–water partition coefficient (Wildman–Crippen LogP) is 2.78. The molecular formula is C14H23N3S. The van der Waals surface area contributed by atoms with Crippen molar-refractivity contribution >= 4 is 16.5 Å². The van der Waals surface area contributed by atoms with E-state index in [1.165, 1.54) is 50.9 Å². The van der Waals surface area contributed by atoms with Crippen LogP contribution >= 0.6 is 11.3 Å². The summed E-state index contributed by atoms with van der Waals surface area (Å²) in [6, 6.07) is 0. The van der Waals surface area contributed by atoms with Gasteiger partial charge >= 0.3 is 0 Å². The van der Waals surface area contributed by atoms with E-state index in [0.29, 0.717) is 5.13 Å². The molecular weight excluding hydrogens is 242 g/mol. The highest BCUT2D eigenvalue weighted by Gasteiger charge is 2.30. The van der Waals surface area contributed by atoms with Gasteiger partial charge in [0.25, 0.3) is 0 Å². The van der Waals surface area contributed by atoms with Crippen LogP contribution in [0.4, 0.5) is 5.13 Å². The average Bonchev–Trinajstić information content (AvgIpc) is 2.82. The van der Waals surface area contributed by atoms with Gasteiger partial charge in [-0.3, -0.25) is 0 Å². The van der Waals surface area contributed by atoms with Crippen molar-refractivity contribution in [2.24, 2.45) is 11.8 Å². The Balaban J connectivity index is 1.49. The molecule has 1 aromatic rings. The van der Waals surface area contributed by atoms with Crippen molar-refractivity contribution in [3.05, 3.63) is 11.1 Å². The van der Waals surface area contributed by atoms with Crippen molar-refractivity contribution in [3.8, 4) is 0 Å². The zero-order valence-corrected chi connectivity index (χ0v) is 11.8. The number of piperidine rings is 1. The minimum absolute atomic E-state index is 0.705. The summed E-state index contributed by atoms with van der Waals surface area (Å²) in [5.41, 5.74) is 6.84. The molecule has 2 fully saturated rings. The number of rotatable bonds is 3. The van der Waals surface area contributed by atoms with Crippen LogP contribution < -0.4 is 5.73 Å². The summed E-state index contributed by atoms with van der Waals surface area (Å²) in [7, 11) is 0. The van der Waals surface area contributed by atoms with Crippen molar-refractivity contribution in [2.45, 2.75) is 38.5 Å². The molecule has 0 aromatic carbocycles. The van der Waals surface area contributed by atoms with E-state index in [-0.39, 0.29) is 0 Å². The number of nitrogens with two attached hydrogens (primary N) is 1. The van der Waals surface area contributed by atoms with Gasteiger partial charge < -0.3 is 10.6 Å². The maximum atomic E-state index is 5.67. The monoisotopic (exact) mass is 265 g/mol. The second-order valence-corrected chi connectivity index (χ2v) is 6.71. The van der Waals surface area contributed by atoms with Crippen molar-refractivity contribution in [2.75, 3.05) is 25.4 Å². The van der Waals surface area contributed by atoms with E-state index < -0.39 is 0 Å². The number of nitrogens with zero attached hydrogens (tertiary/aromatic N) is 2. The summed E-state index contributed by atoms with van der Waals surface area (Å²) < 4.78 is 0. The molecule has 2 aliphatic rings. The van der Waals surface area contributed by atoms with Gasteiger partial charge in [0, 0.05) is 24.9 Å². The van der Waals surface area contributed by atoms with E-state index in [0.717, 1.165) is 24.8 Å². The number of hydrogen-bond acceptors (Lipinski definition) is 4. The third-order valence-electron chi connectivity index (χ3n) is 4.63. The Morgan fingerprint density at radius 1 is 1.28 bits per heavy atom. The molecule has 0 amide bonds. The molecule has 2 unspecified atom stereocenters. The Bertz CT molecular complexity index is 390. The molecule has 100 valence electrons. The molecule has 1 aromatic heterocycles. The Morgan fingerprint density at radius 2 is 2.11 bits per heavy atom. The lowest BCUT2D eigenvalue weighted by Gasteiger charge is -2.41. The van der Waals surface area contributed by atoms with E-state index >= 15 is 0 Å². The Morgan fingerprint density at radius 3 is 2.89 bits per heavy atom. The average molecular weight is 265 g/mol.